The molecule has 29 heavy (non-hydrogen) atoms. The topological polar surface area (TPSA) is 78.9 Å². The smallest absolute Gasteiger partial charge is 0.412 e. The first-order valence-electron chi connectivity index (χ1n) is 10.5. The van der Waals surface area contributed by atoms with E-state index < -0.39 is 12.1 Å². The predicted molar refractivity (Wildman–Crippen MR) is 116 cm³/mol. The fourth-order valence-corrected chi connectivity index (χ4v) is 4.39. The number of hydrogen-bond acceptors (Lipinski definition) is 4. The fraction of sp³-hybridized carbons (Fsp3) is 0.652. The number of carboxylic acids is 1. The van der Waals surface area contributed by atoms with E-state index in [1.165, 1.54) is 0 Å². The summed E-state index contributed by atoms with van der Waals surface area (Å²) in [6.45, 7) is 10.9. The normalized spacial score (nSPS) is 14.7. The van der Waals surface area contributed by atoms with E-state index in [-0.39, 0.29) is 24.4 Å². The van der Waals surface area contributed by atoms with Gasteiger partial charge >= 0.3 is 12.1 Å². The molecule has 1 unspecified atom stereocenters. The lowest BCUT2D eigenvalue weighted by atomic mass is 9.76. The molecule has 0 aliphatic rings. The number of nitrogens with zero attached hydrogens (tertiary/aromatic N) is 1. The minimum atomic E-state index is -0.855. The molecule has 0 spiro atoms. The molecule has 2 atom stereocenters. The summed E-state index contributed by atoms with van der Waals surface area (Å²) in [5.41, 5.74) is 0.952. The summed E-state index contributed by atoms with van der Waals surface area (Å²) in [7, 11) is 4.14. The summed E-state index contributed by atoms with van der Waals surface area (Å²) in [6, 6.07) is 7.66. The lowest BCUT2D eigenvalue weighted by molar-refractivity contribution is -0.138. The van der Waals surface area contributed by atoms with Crippen LogP contribution in [0.2, 0.25) is 0 Å². The zero-order valence-corrected chi connectivity index (χ0v) is 19.0. The molecule has 0 saturated carbocycles. The first-order chi connectivity index (χ1) is 13.5. The summed E-state index contributed by atoms with van der Waals surface area (Å²) in [5.74, 6) is 0.247. The Hall–Kier alpha value is -2.08. The second-order valence-electron chi connectivity index (χ2n) is 8.72. The number of amides is 1. The van der Waals surface area contributed by atoms with Crippen LogP contribution in [-0.4, -0.2) is 42.7 Å². The number of ether oxygens (including phenoxy) is 1. The maximum atomic E-state index is 12.3. The quantitative estimate of drug-likeness (QED) is 0.555. The molecule has 1 rings (SSSR count). The molecule has 1 aromatic carbocycles. The Morgan fingerprint density at radius 3 is 2.34 bits per heavy atom. The van der Waals surface area contributed by atoms with Crippen molar-refractivity contribution in [3.05, 3.63) is 29.8 Å². The third-order valence-electron chi connectivity index (χ3n) is 5.64. The van der Waals surface area contributed by atoms with Crippen molar-refractivity contribution < 1.29 is 19.4 Å². The van der Waals surface area contributed by atoms with Crippen LogP contribution >= 0.6 is 0 Å². The summed E-state index contributed by atoms with van der Waals surface area (Å²) >= 11 is 0. The van der Waals surface area contributed by atoms with Gasteiger partial charge in [0.1, 0.15) is 5.75 Å². The SMILES string of the molecule is CC[C@@](c1cccc(OC(=O)NCC(CC(=O)O)CC(C)C)c1)(C(C)C)N(C)C. The van der Waals surface area contributed by atoms with Crippen LogP contribution < -0.4 is 10.1 Å². The van der Waals surface area contributed by atoms with Gasteiger partial charge in [-0.2, -0.15) is 0 Å². The minimum absolute atomic E-state index is 0.0319. The van der Waals surface area contributed by atoms with Gasteiger partial charge in [0.05, 0.1) is 0 Å². The highest BCUT2D eigenvalue weighted by Crippen LogP contribution is 2.38. The molecule has 0 aliphatic heterocycles. The molecule has 2 N–H and O–H groups in total. The Morgan fingerprint density at radius 1 is 1.21 bits per heavy atom. The Balaban J connectivity index is 2.87. The highest BCUT2D eigenvalue weighted by atomic mass is 16.6. The fourth-order valence-electron chi connectivity index (χ4n) is 4.39. The third-order valence-corrected chi connectivity index (χ3v) is 5.64. The van der Waals surface area contributed by atoms with Gasteiger partial charge in [-0.3, -0.25) is 9.69 Å². The first-order valence-corrected chi connectivity index (χ1v) is 10.5. The van der Waals surface area contributed by atoms with Crippen molar-refractivity contribution in [3.63, 3.8) is 0 Å². The summed E-state index contributed by atoms with van der Waals surface area (Å²) in [4.78, 5) is 25.6. The van der Waals surface area contributed by atoms with Crippen LogP contribution in [0, 0.1) is 17.8 Å². The van der Waals surface area contributed by atoms with Gasteiger partial charge in [-0.1, -0.05) is 46.8 Å². The maximum Gasteiger partial charge on any atom is 0.412 e. The van der Waals surface area contributed by atoms with Crippen molar-refractivity contribution in [2.24, 2.45) is 17.8 Å². The van der Waals surface area contributed by atoms with E-state index in [1.807, 2.05) is 26.0 Å². The predicted octanol–water partition coefficient (Wildman–Crippen LogP) is 4.73. The number of nitrogens with one attached hydrogen (secondary N) is 1. The van der Waals surface area contributed by atoms with E-state index in [4.69, 9.17) is 9.84 Å². The van der Waals surface area contributed by atoms with Crippen molar-refractivity contribution in [2.75, 3.05) is 20.6 Å². The van der Waals surface area contributed by atoms with Crippen molar-refractivity contribution >= 4 is 12.1 Å². The molecule has 1 aromatic rings. The van der Waals surface area contributed by atoms with Gasteiger partial charge in [0.2, 0.25) is 0 Å². The Kier molecular flexibility index (Phi) is 9.63. The van der Waals surface area contributed by atoms with Crippen LogP contribution in [0.3, 0.4) is 0 Å². The third kappa shape index (κ3) is 7.03. The van der Waals surface area contributed by atoms with Gasteiger partial charge in [-0.25, -0.2) is 4.79 Å². The zero-order valence-electron chi connectivity index (χ0n) is 19.0. The molecule has 164 valence electrons. The van der Waals surface area contributed by atoms with Crippen molar-refractivity contribution in [2.45, 2.75) is 59.4 Å². The number of aliphatic carboxylic acids is 1. The van der Waals surface area contributed by atoms with Crippen LogP contribution in [-0.2, 0) is 10.3 Å². The highest BCUT2D eigenvalue weighted by Gasteiger charge is 2.36. The van der Waals surface area contributed by atoms with E-state index in [2.05, 4.69) is 51.1 Å². The molecule has 6 heteroatoms. The Bertz CT molecular complexity index is 663. The number of hydrogen-bond donors (Lipinski definition) is 2. The molecular formula is C23H38N2O4. The first kappa shape index (κ1) is 25.0. The van der Waals surface area contributed by atoms with Crippen LogP contribution in [0.1, 0.15) is 59.4 Å². The second kappa shape index (κ2) is 11.2. The van der Waals surface area contributed by atoms with Crippen LogP contribution in [0.5, 0.6) is 5.75 Å². The monoisotopic (exact) mass is 406 g/mol. The van der Waals surface area contributed by atoms with Crippen LogP contribution in [0.4, 0.5) is 4.79 Å². The zero-order chi connectivity index (χ0) is 22.2. The maximum absolute atomic E-state index is 12.3. The molecule has 6 nitrogen and oxygen atoms in total. The molecule has 0 heterocycles. The van der Waals surface area contributed by atoms with E-state index in [0.717, 1.165) is 18.4 Å². The van der Waals surface area contributed by atoms with Crippen molar-refractivity contribution in [1.29, 1.82) is 0 Å². The van der Waals surface area contributed by atoms with E-state index in [0.29, 0.717) is 17.6 Å². The number of rotatable bonds is 11. The largest absolute Gasteiger partial charge is 0.481 e. The second-order valence-corrected chi connectivity index (χ2v) is 8.72. The summed E-state index contributed by atoms with van der Waals surface area (Å²) in [6.07, 6.45) is 1.14. The number of carbonyl (C=O) groups excluding carboxylic acids is 1. The van der Waals surface area contributed by atoms with E-state index in [9.17, 15) is 9.59 Å². The molecule has 1 amide bonds. The molecule has 0 fully saturated rings. The highest BCUT2D eigenvalue weighted by molar-refractivity contribution is 5.71. The van der Waals surface area contributed by atoms with Crippen molar-refractivity contribution in [3.8, 4) is 5.75 Å². The molecule has 0 radical (unpaired) electrons. The molecule has 0 saturated heterocycles. The minimum Gasteiger partial charge on any atom is -0.481 e. The molecule has 0 bridgehead atoms. The van der Waals surface area contributed by atoms with Crippen LogP contribution in [0.15, 0.2) is 24.3 Å². The molecule has 0 aliphatic carbocycles. The van der Waals surface area contributed by atoms with Gasteiger partial charge in [0.15, 0.2) is 0 Å². The van der Waals surface area contributed by atoms with Crippen LogP contribution in [0.25, 0.3) is 0 Å². The van der Waals surface area contributed by atoms with E-state index in [1.54, 1.807) is 6.07 Å². The van der Waals surface area contributed by atoms with Gasteiger partial charge < -0.3 is 15.2 Å². The number of carbonyl (C=O) groups is 2. The number of carboxylic acid groups (broad SMARTS) is 1. The van der Waals surface area contributed by atoms with Crippen molar-refractivity contribution in [1.82, 2.24) is 10.2 Å². The lowest BCUT2D eigenvalue weighted by Gasteiger charge is -2.43. The Labute approximate surface area is 175 Å². The molecule has 0 aromatic heterocycles. The standard InChI is InChI=1S/C23H38N2O4/c1-8-23(17(4)5,25(6)7)19-10-9-11-20(14-19)29-22(28)24-15-18(12-16(2)3)13-21(26)27/h9-11,14,16-18H,8,12-13,15H2,1-7H3,(H,24,28)(H,26,27)/t18?,23-/m0/s1. The van der Waals surface area contributed by atoms with Gasteiger partial charge in [0.25, 0.3) is 0 Å². The molecular weight excluding hydrogens is 368 g/mol. The van der Waals surface area contributed by atoms with Gasteiger partial charge in [-0.15, -0.1) is 0 Å². The van der Waals surface area contributed by atoms with Gasteiger partial charge in [0, 0.05) is 18.5 Å². The Morgan fingerprint density at radius 2 is 1.86 bits per heavy atom. The lowest BCUT2D eigenvalue weighted by Crippen LogP contribution is -2.45. The summed E-state index contributed by atoms with van der Waals surface area (Å²) in [5, 5.41) is 11.8. The number of benzene rings is 1. The average molecular weight is 407 g/mol. The van der Waals surface area contributed by atoms with E-state index >= 15 is 0 Å². The summed E-state index contributed by atoms with van der Waals surface area (Å²) < 4.78 is 5.50. The van der Waals surface area contributed by atoms with Gasteiger partial charge in [-0.05, 0) is 62.4 Å². The average Bonchev–Trinajstić information content (AvgIpc) is 2.59.